The third-order valence-electron chi connectivity index (χ3n) is 4.74. The van der Waals surface area contributed by atoms with Gasteiger partial charge in [0, 0.05) is 21.3 Å². The summed E-state index contributed by atoms with van der Waals surface area (Å²) in [6.45, 7) is 2.62. The minimum atomic E-state index is -0.538. The number of methoxy groups -OCH3 is 1. The first-order chi connectivity index (χ1) is 16.8. The van der Waals surface area contributed by atoms with Gasteiger partial charge in [-0.1, -0.05) is 29.3 Å². The van der Waals surface area contributed by atoms with Crippen LogP contribution in [0.25, 0.3) is 6.08 Å². The molecule has 0 fully saturated rings. The zero-order chi connectivity index (χ0) is 25.4. The number of nitriles is 1. The SMILES string of the molecule is CCOc1ccc(NC(=O)/C(C#N)=C\c2cc(Br)c(OCc3ccc(Cl)cc3Cl)c(OC)c2)cc1. The maximum absolute atomic E-state index is 12.7. The van der Waals surface area contributed by atoms with Crippen molar-refractivity contribution in [3.05, 3.63) is 85.8 Å². The Balaban J connectivity index is 1.78. The van der Waals surface area contributed by atoms with E-state index in [1.165, 1.54) is 13.2 Å². The third kappa shape index (κ3) is 7.15. The topological polar surface area (TPSA) is 80.6 Å². The highest BCUT2D eigenvalue weighted by atomic mass is 79.9. The van der Waals surface area contributed by atoms with Gasteiger partial charge in [-0.15, -0.1) is 0 Å². The fourth-order valence-corrected chi connectivity index (χ4v) is 4.10. The summed E-state index contributed by atoms with van der Waals surface area (Å²) >= 11 is 15.7. The van der Waals surface area contributed by atoms with Crippen molar-refractivity contribution in [2.24, 2.45) is 0 Å². The second kappa shape index (κ2) is 12.5. The quantitative estimate of drug-likeness (QED) is 0.214. The van der Waals surface area contributed by atoms with Crippen molar-refractivity contribution < 1.29 is 19.0 Å². The lowest BCUT2D eigenvalue weighted by Gasteiger charge is -2.14. The van der Waals surface area contributed by atoms with Crippen LogP contribution < -0.4 is 19.5 Å². The first kappa shape index (κ1) is 26.4. The Morgan fingerprint density at radius 1 is 1.11 bits per heavy atom. The molecule has 0 aliphatic rings. The number of nitrogens with one attached hydrogen (secondary N) is 1. The van der Waals surface area contributed by atoms with Crippen LogP contribution in [0.15, 0.2) is 64.6 Å². The van der Waals surface area contributed by atoms with Crippen LogP contribution in [0.3, 0.4) is 0 Å². The maximum Gasteiger partial charge on any atom is 0.266 e. The molecule has 0 heterocycles. The number of hydrogen-bond acceptors (Lipinski definition) is 5. The average Bonchev–Trinajstić information content (AvgIpc) is 2.83. The van der Waals surface area contributed by atoms with Crippen molar-refractivity contribution >= 4 is 56.8 Å². The number of amides is 1. The van der Waals surface area contributed by atoms with E-state index in [2.05, 4.69) is 21.2 Å². The Morgan fingerprint density at radius 2 is 1.86 bits per heavy atom. The molecule has 0 spiro atoms. The zero-order valence-electron chi connectivity index (χ0n) is 18.9. The number of carbonyl (C=O) groups excluding carboxylic acids is 1. The Bertz CT molecular complexity index is 1290. The largest absolute Gasteiger partial charge is 0.494 e. The third-order valence-corrected chi connectivity index (χ3v) is 5.91. The highest BCUT2D eigenvalue weighted by Crippen LogP contribution is 2.38. The fraction of sp³-hybridized carbons (Fsp3) is 0.154. The van der Waals surface area contributed by atoms with Gasteiger partial charge in [0.1, 0.15) is 24.0 Å². The molecule has 0 aliphatic carbocycles. The van der Waals surface area contributed by atoms with E-state index in [-0.39, 0.29) is 12.2 Å². The molecule has 0 saturated carbocycles. The standard InChI is InChI=1S/C26H21BrCl2N2O4/c1-3-34-21-8-6-20(7-9-21)31-26(32)18(14-30)10-16-11-22(27)25(24(12-16)33-2)35-15-17-4-5-19(28)13-23(17)29/h4-13H,3,15H2,1-2H3,(H,31,32)/b18-10-. The van der Waals surface area contributed by atoms with Crippen molar-refractivity contribution in [3.63, 3.8) is 0 Å². The van der Waals surface area contributed by atoms with Gasteiger partial charge in [-0.25, -0.2) is 0 Å². The van der Waals surface area contributed by atoms with Crippen LogP contribution in [0, 0.1) is 11.3 Å². The number of nitrogens with zero attached hydrogens (tertiary/aromatic N) is 1. The van der Waals surface area contributed by atoms with Crippen LogP contribution in [0.4, 0.5) is 5.69 Å². The number of ether oxygens (including phenoxy) is 3. The number of rotatable bonds is 9. The van der Waals surface area contributed by atoms with Gasteiger partial charge in [0.25, 0.3) is 5.91 Å². The lowest BCUT2D eigenvalue weighted by Crippen LogP contribution is -2.13. The lowest BCUT2D eigenvalue weighted by atomic mass is 10.1. The van der Waals surface area contributed by atoms with Crippen LogP contribution in [-0.2, 0) is 11.4 Å². The Morgan fingerprint density at radius 3 is 2.49 bits per heavy atom. The molecule has 1 amide bonds. The van der Waals surface area contributed by atoms with Gasteiger partial charge in [0.2, 0.25) is 0 Å². The number of halogens is 3. The zero-order valence-corrected chi connectivity index (χ0v) is 22.0. The molecule has 3 rings (SSSR count). The van der Waals surface area contributed by atoms with Gasteiger partial charge in [-0.3, -0.25) is 4.79 Å². The Labute approximate surface area is 222 Å². The molecular formula is C26H21BrCl2N2O4. The van der Waals surface area contributed by atoms with Crippen LogP contribution in [0.1, 0.15) is 18.1 Å². The first-order valence-electron chi connectivity index (χ1n) is 10.4. The molecule has 0 atom stereocenters. The molecule has 180 valence electrons. The summed E-state index contributed by atoms with van der Waals surface area (Å²) in [6.07, 6.45) is 1.47. The number of anilines is 1. The number of carbonyl (C=O) groups is 1. The summed E-state index contributed by atoms with van der Waals surface area (Å²) < 4.78 is 17.4. The predicted molar refractivity (Wildman–Crippen MR) is 141 cm³/mol. The van der Waals surface area contributed by atoms with E-state index in [0.717, 1.165) is 5.56 Å². The van der Waals surface area contributed by atoms with Crippen molar-refractivity contribution in [3.8, 4) is 23.3 Å². The van der Waals surface area contributed by atoms with E-state index in [9.17, 15) is 10.1 Å². The molecule has 9 heteroatoms. The highest BCUT2D eigenvalue weighted by Gasteiger charge is 2.15. The minimum Gasteiger partial charge on any atom is -0.494 e. The van der Waals surface area contributed by atoms with E-state index in [4.69, 9.17) is 37.4 Å². The molecule has 0 aromatic heterocycles. The lowest BCUT2D eigenvalue weighted by molar-refractivity contribution is -0.112. The Kier molecular flexibility index (Phi) is 9.44. The van der Waals surface area contributed by atoms with Crippen molar-refractivity contribution in [1.82, 2.24) is 0 Å². The molecule has 6 nitrogen and oxygen atoms in total. The second-order valence-electron chi connectivity index (χ2n) is 7.14. The van der Waals surface area contributed by atoms with Crippen molar-refractivity contribution in [2.45, 2.75) is 13.5 Å². The summed E-state index contributed by atoms with van der Waals surface area (Å²) in [4.78, 5) is 12.7. The molecule has 3 aromatic rings. The monoisotopic (exact) mass is 574 g/mol. The molecule has 35 heavy (non-hydrogen) atoms. The molecule has 3 aromatic carbocycles. The molecule has 0 bridgehead atoms. The van der Waals surface area contributed by atoms with E-state index in [0.29, 0.717) is 49.6 Å². The van der Waals surface area contributed by atoms with Crippen LogP contribution in [0.2, 0.25) is 10.0 Å². The van der Waals surface area contributed by atoms with Gasteiger partial charge >= 0.3 is 0 Å². The molecule has 1 N–H and O–H groups in total. The normalized spacial score (nSPS) is 10.9. The minimum absolute atomic E-state index is 0.0746. The van der Waals surface area contributed by atoms with Gasteiger partial charge in [-0.05, 0) is 83.0 Å². The highest BCUT2D eigenvalue weighted by molar-refractivity contribution is 9.10. The number of hydrogen-bond donors (Lipinski definition) is 1. The van der Waals surface area contributed by atoms with Crippen molar-refractivity contribution in [2.75, 3.05) is 19.0 Å². The summed E-state index contributed by atoms with van der Waals surface area (Å²) in [7, 11) is 1.50. The summed E-state index contributed by atoms with van der Waals surface area (Å²) in [5.41, 5.74) is 1.80. The second-order valence-corrected chi connectivity index (χ2v) is 8.84. The molecule has 0 saturated heterocycles. The Hall–Kier alpha value is -3.18. The number of benzene rings is 3. The van der Waals surface area contributed by atoms with Gasteiger partial charge < -0.3 is 19.5 Å². The summed E-state index contributed by atoms with van der Waals surface area (Å²) in [5.74, 6) is 1.02. The van der Waals surface area contributed by atoms with E-state index < -0.39 is 5.91 Å². The molecule has 0 unspecified atom stereocenters. The predicted octanol–water partition coefficient (Wildman–Crippen LogP) is 7.29. The molecule has 0 aliphatic heterocycles. The molecular weight excluding hydrogens is 555 g/mol. The van der Waals surface area contributed by atoms with E-state index in [1.807, 2.05) is 13.0 Å². The van der Waals surface area contributed by atoms with E-state index in [1.54, 1.807) is 54.6 Å². The average molecular weight is 576 g/mol. The van der Waals surface area contributed by atoms with Gasteiger partial charge in [-0.2, -0.15) is 5.26 Å². The maximum atomic E-state index is 12.7. The fourth-order valence-electron chi connectivity index (χ4n) is 3.07. The summed E-state index contributed by atoms with van der Waals surface area (Å²) in [5, 5.41) is 13.3. The molecule has 0 radical (unpaired) electrons. The van der Waals surface area contributed by atoms with Crippen LogP contribution in [-0.4, -0.2) is 19.6 Å². The van der Waals surface area contributed by atoms with Gasteiger partial charge in [0.05, 0.1) is 18.2 Å². The van der Waals surface area contributed by atoms with Gasteiger partial charge in [0.15, 0.2) is 11.5 Å². The summed E-state index contributed by atoms with van der Waals surface area (Å²) in [6, 6.07) is 17.4. The first-order valence-corrected chi connectivity index (χ1v) is 12.0. The van der Waals surface area contributed by atoms with E-state index >= 15 is 0 Å². The van der Waals surface area contributed by atoms with Crippen LogP contribution >= 0.6 is 39.1 Å². The smallest absolute Gasteiger partial charge is 0.266 e. The van der Waals surface area contributed by atoms with Crippen LogP contribution in [0.5, 0.6) is 17.2 Å². The van der Waals surface area contributed by atoms with Crippen molar-refractivity contribution in [1.29, 1.82) is 5.26 Å².